The van der Waals surface area contributed by atoms with Crippen molar-refractivity contribution in [2.24, 2.45) is 4.99 Å². The van der Waals surface area contributed by atoms with Gasteiger partial charge in [0.25, 0.3) is 0 Å². The molecule has 10 heteroatoms. The first-order chi connectivity index (χ1) is 14.3. The Balaban J connectivity index is 1.51. The summed E-state index contributed by atoms with van der Waals surface area (Å²) >= 11 is 0. The Hall–Kier alpha value is -2.62. The third-order valence-electron chi connectivity index (χ3n) is 4.64. The summed E-state index contributed by atoms with van der Waals surface area (Å²) in [5, 5.41) is 6.32. The highest BCUT2D eigenvalue weighted by atomic mass is 19.4. The molecule has 0 saturated carbocycles. The summed E-state index contributed by atoms with van der Waals surface area (Å²) in [5.74, 6) is 0.653. The van der Waals surface area contributed by atoms with Crippen LogP contribution in [0.2, 0.25) is 0 Å². The van der Waals surface area contributed by atoms with Crippen LogP contribution in [0, 0.1) is 5.82 Å². The van der Waals surface area contributed by atoms with Crippen molar-refractivity contribution in [2.75, 3.05) is 32.7 Å². The molecule has 1 aromatic heterocycles. The fourth-order valence-electron chi connectivity index (χ4n) is 3.29. The third-order valence-corrected chi connectivity index (χ3v) is 4.64. The second-order valence-corrected chi connectivity index (χ2v) is 7.14. The van der Waals surface area contributed by atoms with Crippen LogP contribution >= 0.6 is 0 Å². The SMILES string of the molecule is CCNC(=NCCc1coc(-c2ccc(F)cc2)n1)NC1CCN(CC(F)(F)F)C1. The fraction of sp³-hybridized carbons (Fsp3) is 0.500. The van der Waals surface area contributed by atoms with Crippen LogP contribution in [0.25, 0.3) is 11.5 Å². The van der Waals surface area contributed by atoms with Gasteiger partial charge in [0, 0.05) is 44.2 Å². The van der Waals surface area contributed by atoms with E-state index in [1.165, 1.54) is 17.0 Å². The molecular weight excluding hydrogens is 402 g/mol. The standard InChI is InChI=1S/C20H25F4N5O/c1-2-25-19(28-16-8-10-29(11-16)13-20(22,23)24)26-9-7-17-12-30-18(27-17)14-3-5-15(21)6-4-14/h3-6,12,16H,2,7-11,13H2,1H3,(H2,25,26,28). The van der Waals surface area contributed by atoms with E-state index in [-0.39, 0.29) is 11.9 Å². The topological polar surface area (TPSA) is 65.7 Å². The van der Waals surface area contributed by atoms with Gasteiger partial charge in [0.15, 0.2) is 5.96 Å². The number of nitrogens with zero attached hydrogens (tertiary/aromatic N) is 3. The summed E-state index contributed by atoms with van der Waals surface area (Å²) in [5.41, 5.74) is 1.40. The molecule has 0 aliphatic carbocycles. The molecule has 1 fully saturated rings. The molecule has 0 radical (unpaired) electrons. The van der Waals surface area contributed by atoms with Crippen molar-refractivity contribution in [3.05, 3.63) is 42.0 Å². The van der Waals surface area contributed by atoms with Gasteiger partial charge >= 0.3 is 6.18 Å². The quantitative estimate of drug-likeness (QED) is 0.404. The Morgan fingerprint density at radius 1 is 1.30 bits per heavy atom. The highest BCUT2D eigenvalue weighted by molar-refractivity contribution is 5.80. The number of rotatable bonds is 7. The maximum absolute atomic E-state index is 13.0. The van der Waals surface area contributed by atoms with E-state index in [0.717, 1.165) is 0 Å². The zero-order valence-electron chi connectivity index (χ0n) is 16.7. The van der Waals surface area contributed by atoms with Gasteiger partial charge in [-0.05, 0) is 37.6 Å². The first-order valence-corrected chi connectivity index (χ1v) is 9.86. The van der Waals surface area contributed by atoms with Gasteiger partial charge in [0.1, 0.15) is 12.1 Å². The molecule has 6 nitrogen and oxygen atoms in total. The molecule has 1 aliphatic rings. The van der Waals surface area contributed by atoms with E-state index in [1.54, 1.807) is 18.4 Å². The average Bonchev–Trinajstić information content (AvgIpc) is 3.31. The second-order valence-electron chi connectivity index (χ2n) is 7.14. The molecule has 1 aromatic carbocycles. The van der Waals surface area contributed by atoms with Crippen LogP contribution in [0.1, 0.15) is 19.0 Å². The van der Waals surface area contributed by atoms with Crippen LogP contribution in [0.3, 0.4) is 0 Å². The van der Waals surface area contributed by atoms with Crippen LogP contribution in [0.15, 0.2) is 39.9 Å². The van der Waals surface area contributed by atoms with E-state index in [0.29, 0.717) is 62.1 Å². The molecule has 164 valence electrons. The molecule has 2 heterocycles. The number of halogens is 4. The van der Waals surface area contributed by atoms with E-state index < -0.39 is 12.7 Å². The fourth-order valence-corrected chi connectivity index (χ4v) is 3.29. The van der Waals surface area contributed by atoms with Crippen LogP contribution in [-0.4, -0.2) is 60.8 Å². The Bertz CT molecular complexity index is 834. The van der Waals surface area contributed by atoms with E-state index in [2.05, 4.69) is 20.6 Å². The number of hydrogen-bond donors (Lipinski definition) is 2. The lowest BCUT2D eigenvalue weighted by atomic mass is 10.2. The van der Waals surface area contributed by atoms with Crippen LogP contribution in [0.5, 0.6) is 0 Å². The van der Waals surface area contributed by atoms with Gasteiger partial charge in [-0.2, -0.15) is 13.2 Å². The zero-order valence-corrected chi connectivity index (χ0v) is 16.7. The molecule has 0 amide bonds. The number of hydrogen-bond acceptors (Lipinski definition) is 4. The van der Waals surface area contributed by atoms with Crippen molar-refractivity contribution in [1.29, 1.82) is 0 Å². The number of alkyl halides is 3. The molecule has 1 atom stereocenters. The Kier molecular flexibility index (Phi) is 7.30. The van der Waals surface area contributed by atoms with E-state index in [9.17, 15) is 17.6 Å². The maximum atomic E-state index is 13.0. The van der Waals surface area contributed by atoms with Crippen molar-refractivity contribution in [1.82, 2.24) is 20.5 Å². The number of nitrogens with one attached hydrogen (secondary N) is 2. The van der Waals surface area contributed by atoms with Crippen LogP contribution in [0.4, 0.5) is 17.6 Å². The summed E-state index contributed by atoms with van der Waals surface area (Å²) < 4.78 is 56.1. The normalized spacial score (nSPS) is 18.0. The smallest absolute Gasteiger partial charge is 0.401 e. The minimum absolute atomic E-state index is 0.0812. The van der Waals surface area contributed by atoms with E-state index >= 15 is 0 Å². The number of oxazole rings is 1. The van der Waals surface area contributed by atoms with Crippen molar-refractivity contribution in [3.63, 3.8) is 0 Å². The molecule has 2 N–H and O–H groups in total. The number of likely N-dealkylation sites (tertiary alicyclic amines) is 1. The van der Waals surface area contributed by atoms with E-state index in [4.69, 9.17) is 4.42 Å². The van der Waals surface area contributed by atoms with Gasteiger partial charge in [-0.1, -0.05) is 0 Å². The van der Waals surface area contributed by atoms with Gasteiger partial charge in [-0.15, -0.1) is 0 Å². The lowest BCUT2D eigenvalue weighted by molar-refractivity contribution is -0.143. The summed E-state index contributed by atoms with van der Waals surface area (Å²) in [6, 6.07) is 5.80. The summed E-state index contributed by atoms with van der Waals surface area (Å²) in [6.45, 7) is 2.85. The first-order valence-electron chi connectivity index (χ1n) is 9.86. The average molecular weight is 427 g/mol. The Morgan fingerprint density at radius 2 is 2.07 bits per heavy atom. The molecule has 1 saturated heterocycles. The minimum atomic E-state index is -4.18. The summed E-state index contributed by atoms with van der Waals surface area (Å²) in [4.78, 5) is 10.3. The monoisotopic (exact) mass is 427 g/mol. The van der Waals surface area contributed by atoms with Crippen LogP contribution in [-0.2, 0) is 6.42 Å². The van der Waals surface area contributed by atoms with Gasteiger partial charge in [0.05, 0.1) is 12.2 Å². The predicted octanol–water partition coefficient (Wildman–Crippen LogP) is 3.21. The molecular formula is C20H25F4N5O. The van der Waals surface area contributed by atoms with Gasteiger partial charge in [-0.25, -0.2) is 9.37 Å². The molecule has 1 aliphatic heterocycles. The maximum Gasteiger partial charge on any atom is 0.401 e. The highest BCUT2D eigenvalue weighted by Crippen LogP contribution is 2.20. The molecule has 0 bridgehead atoms. The molecule has 3 rings (SSSR count). The molecule has 2 aromatic rings. The van der Waals surface area contributed by atoms with Gasteiger partial charge < -0.3 is 15.1 Å². The summed E-state index contributed by atoms with van der Waals surface area (Å²) in [7, 11) is 0. The first kappa shape index (κ1) is 22.1. The van der Waals surface area contributed by atoms with E-state index in [1.807, 2.05) is 6.92 Å². The lowest BCUT2D eigenvalue weighted by Crippen LogP contribution is -2.45. The number of benzene rings is 1. The Morgan fingerprint density at radius 3 is 2.77 bits per heavy atom. The van der Waals surface area contributed by atoms with Crippen molar-refractivity contribution >= 4 is 5.96 Å². The number of aromatic nitrogens is 1. The summed E-state index contributed by atoms with van der Waals surface area (Å²) in [6.07, 6.45) is -1.48. The van der Waals surface area contributed by atoms with Gasteiger partial charge in [-0.3, -0.25) is 9.89 Å². The number of guanidine groups is 1. The zero-order chi connectivity index (χ0) is 21.6. The lowest BCUT2D eigenvalue weighted by Gasteiger charge is -2.19. The van der Waals surface area contributed by atoms with Crippen molar-refractivity contribution < 1.29 is 22.0 Å². The van der Waals surface area contributed by atoms with Crippen molar-refractivity contribution in [2.45, 2.75) is 32.0 Å². The van der Waals surface area contributed by atoms with Gasteiger partial charge in [0.2, 0.25) is 5.89 Å². The molecule has 1 unspecified atom stereocenters. The minimum Gasteiger partial charge on any atom is -0.444 e. The predicted molar refractivity (Wildman–Crippen MR) is 106 cm³/mol. The largest absolute Gasteiger partial charge is 0.444 e. The van der Waals surface area contributed by atoms with Crippen molar-refractivity contribution in [3.8, 4) is 11.5 Å². The molecule has 0 spiro atoms. The third kappa shape index (κ3) is 6.72. The Labute approximate surface area is 172 Å². The highest BCUT2D eigenvalue weighted by Gasteiger charge is 2.34. The number of aliphatic imine (C=N–C) groups is 1. The molecule has 30 heavy (non-hydrogen) atoms. The second kappa shape index (κ2) is 9.92. The van der Waals surface area contributed by atoms with Crippen LogP contribution < -0.4 is 10.6 Å².